The standard InChI is InChI=1S/C9H9N3O5S2/c1-5-11-7(12-17-5)3-10-19(15,16)8-2-6(4-18-8)9(13)14/h2,4,10H,3H2,1H3,(H,13,14). The van der Waals surface area contributed by atoms with Crippen LogP contribution in [0.5, 0.6) is 0 Å². The smallest absolute Gasteiger partial charge is 0.336 e. The SMILES string of the molecule is Cc1nc(CNS(=O)(=O)c2cc(C(=O)O)cs2)no1. The Bertz CT molecular complexity index is 703. The maximum Gasteiger partial charge on any atom is 0.336 e. The largest absolute Gasteiger partial charge is 0.478 e. The Morgan fingerprint density at radius 3 is 2.84 bits per heavy atom. The molecule has 8 nitrogen and oxygen atoms in total. The lowest BCUT2D eigenvalue weighted by molar-refractivity contribution is 0.0697. The first kappa shape index (κ1) is 13.6. The molecule has 0 unspecified atom stereocenters. The summed E-state index contributed by atoms with van der Waals surface area (Å²) in [7, 11) is -3.78. The Kier molecular flexibility index (Phi) is 3.64. The van der Waals surface area contributed by atoms with E-state index >= 15 is 0 Å². The fraction of sp³-hybridized carbons (Fsp3) is 0.222. The number of carbonyl (C=O) groups is 1. The van der Waals surface area contributed by atoms with Gasteiger partial charge in [0.05, 0.1) is 12.1 Å². The lowest BCUT2D eigenvalue weighted by atomic mass is 10.4. The number of aromatic carboxylic acids is 1. The molecule has 10 heteroatoms. The molecule has 102 valence electrons. The van der Waals surface area contributed by atoms with Gasteiger partial charge in [-0.3, -0.25) is 0 Å². The van der Waals surface area contributed by atoms with Crippen LogP contribution in [0, 0.1) is 6.92 Å². The van der Waals surface area contributed by atoms with Crippen molar-refractivity contribution in [2.24, 2.45) is 0 Å². The number of sulfonamides is 1. The molecule has 0 aliphatic rings. The van der Waals surface area contributed by atoms with Crippen LogP contribution in [0.1, 0.15) is 22.1 Å². The van der Waals surface area contributed by atoms with E-state index in [1.54, 1.807) is 6.92 Å². The van der Waals surface area contributed by atoms with Crippen molar-refractivity contribution >= 4 is 27.3 Å². The lowest BCUT2D eigenvalue weighted by Crippen LogP contribution is -2.23. The molecule has 0 fully saturated rings. The molecule has 2 N–H and O–H groups in total. The van der Waals surface area contributed by atoms with Crippen LogP contribution in [0.3, 0.4) is 0 Å². The Morgan fingerprint density at radius 1 is 1.58 bits per heavy atom. The minimum atomic E-state index is -3.78. The average Bonchev–Trinajstić information content (AvgIpc) is 2.95. The van der Waals surface area contributed by atoms with Crippen LogP contribution >= 0.6 is 11.3 Å². The van der Waals surface area contributed by atoms with Crippen LogP contribution in [0.2, 0.25) is 0 Å². The van der Waals surface area contributed by atoms with Crippen LogP contribution in [-0.2, 0) is 16.6 Å². The van der Waals surface area contributed by atoms with Crippen LogP contribution in [0.15, 0.2) is 20.2 Å². The molecule has 2 rings (SSSR count). The number of hydrogen-bond donors (Lipinski definition) is 2. The zero-order valence-corrected chi connectivity index (χ0v) is 11.3. The van der Waals surface area contributed by atoms with Gasteiger partial charge in [0.25, 0.3) is 0 Å². The summed E-state index contributed by atoms with van der Waals surface area (Å²) >= 11 is 0.830. The van der Waals surface area contributed by atoms with Gasteiger partial charge in [0.15, 0.2) is 5.82 Å². The van der Waals surface area contributed by atoms with Crippen molar-refractivity contribution in [1.29, 1.82) is 0 Å². The molecule has 0 saturated carbocycles. The first-order valence-electron chi connectivity index (χ1n) is 4.99. The molecule has 0 aromatic carbocycles. The third-order valence-corrected chi connectivity index (χ3v) is 4.92. The van der Waals surface area contributed by atoms with E-state index < -0.39 is 16.0 Å². The van der Waals surface area contributed by atoms with E-state index in [2.05, 4.69) is 14.9 Å². The normalized spacial score (nSPS) is 11.6. The van der Waals surface area contributed by atoms with Gasteiger partial charge in [0.1, 0.15) is 4.21 Å². The van der Waals surface area contributed by atoms with Gasteiger partial charge in [-0.15, -0.1) is 11.3 Å². The predicted octanol–water partition coefficient (Wildman–Crippen LogP) is 0.616. The zero-order chi connectivity index (χ0) is 14.0. The molecule has 19 heavy (non-hydrogen) atoms. The van der Waals surface area contributed by atoms with Gasteiger partial charge < -0.3 is 9.63 Å². The van der Waals surface area contributed by atoms with Gasteiger partial charge in [-0.05, 0) is 6.07 Å². The van der Waals surface area contributed by atoms with Gasteiger partial charge in [-0.25, -0.2) is 17.9 Å². The van der Waals surface area contributed by atoms with Gasteiger partial charge in [0, 0.05) is 12.3 Å². The van der Waals surface area contributed by atoms with Gasteiger partial charge in [-0.1, -0.05) is 5.16 Å². The third-order valence-electron chi connectivity index (χ3n) is 2.08. The summed E-state index contributed by atoms with van der Waals surface area (Å²) in [6.07, 6.45) is 0. The fourth-order valence-corrected chi connectivity index (χ4v) is 3.39. The number of carboxylic acid groups (broad SMARTS) is 1. The molecule has 2 aromatic rings. The number of aromatic nitrogens is 2. The maximum atomic E-state index is 11.9. The number of thiophene rings is 1. The Morgan fingerprint density at radius 2 is 2.32 bits per heavy atom. The second kappa shape index (κ2) is 5.07. The molecule has 0 aliphatic heterocycles. The highest BCUT2D eigenvalue weighted by atomic mass is 32.2. The van der Waals surface area contributed by atoms with E-state index in [0.717, 1.165) is 17.4 Å². The van der Waals surface area contributed by atoms with Crippen LogP contribution in [0.4, 0.5) is 0 Å². The number of nitrogens with one attached hydrogen (secondary N) is 1. The summed E-state index contributed by atoms with van der Waals surface area (Å²) in [5, 5.41) is 13.5. The molecule has 2 aromatic heterocycles. The van der Waals surface area contributed by atoms with E-state index in [1.807, 2.05) is 0 Å². The molecule has 2 heterocycles. The molecule has 0 spiro atoms. The molecule has 0 bridgehead atoms. The zero-order valence-electron chi connectivity index (χ0n) is 9.65. The highest BCUT2D eigenvalue weighted by molar-refractivity contribution is 7.91. The topological polar surface area (TPSA) is 122 Å². The minimum Gasteiger partial charge on any atom is -0.478 e. The Balaban J connectivity index is 2.11. The average molecular weight is 303 g/mol. The van der Waals surface area contributed by atoms with Crippen molar-refractivity contribution in [3.8, 4) is 0 Å². The van der Waals surface area contributed by atoms with E-state index in [-0.39, 0.29) is 22.1 Å². The number of aryl methyl sites for hydroxylation is 1. The van der Waals surface area contributed by atoms with Crippen molar-refractivity contribution in [2.45, 2.75) is 17.7 Å². The second-order valence-electron chi connectivity index (χ2n) is 3.51. The van der Waals surface area contributed by atoms with Crippen molar-refractivity contribution in [2.75, 3.05) is 0 Å². The molecule has 0 aliphatic carbocycles. The number of carboxylic acids is 1. The van der Waals surface area contributed by atoms with Crippen molar-refractivity contribution in [1.82, 2.24) is 14.9 Å². The Labute approximate surface area is 112 Å². The van der Waals surface area contributed by atoms with Crippen molar-refractivity contribution < 1.29 is 22.8 Å². The minimum absolute atomic E-state index is 0.0687. The maximum absolute atomic E-state index is 11.9. The fourth-order valence-electron chi connectivity index (χ4n) is 1.21. The molecule has 0 amide bonds. The first-order valence-corrected chi connectivity index (χ1v) is 7.35. The van der Waals surface area contributed by atoms with Gasteiger partial charge >= 0.3 is 5.97 Å². The summed E-state index contributed by atoms with van der Waals surface area (Å²) in [4.78, 5) is 14.5. The molecule has 0 saturated heterocycles. The van der Waals surface area contributed by atoms with Gasteiger partial charge in [-0.2, -0.15) is 4.98 Å². The quantitative estimate of drug-likeness (QED) is 0.829. The summed E-state index contributed by atoms with van der Waals surface area (Å²) in [5.41, 5.74) is -0.0687. The highest BCUT2D eigenvalue weighted by Crippen LogP contribution is 2.20. The van der Waals surface area contributed by atoms with E-state index in [4.69, 9.17) is 9.63 Å². The summed E-state index contributed by atoms with van der Waals surface area (Å²) < 4.78 is 30.6. The molecular formula is C9H9N3O5S2. The van der Waals surface area contributed by atoms with Crippen LogP contribution < -0.4 is 4.72 Å². The second-order valence-corrected chi connectivity index (χ2v) is 6.42. The third kappa shape index (κ3) is 3.16. The van der Waals surface area contributed by atoms with Gasteiger partial charge in [0.2, 0.25) is 15.9 Å². The first-order chi connectivity index (χ1) is 8.88. The van der Waals surface area contributed by atoms with E-state index in [9.17, 15) is 13.2 Å². The summed E-state index contributed by atoms with van der Waals surface area (Å²) in [6, 6.07) is 1.09. The predicted molar refractivity (Wildman–Crippen MR) is 64.3 cm³/mol. The summed E-state index contributed by atoms with van der Waals surface area (Å²) in [5.74, 6) is -0.638. The number of hydrogen-bond acceptors (Lipinski definition) is 7. The van der Waals surface area contributed by atoms with Crippen molar-refractivity contribution in [3.63, 3.8) is 0 Å². The van der Waals surface area contributed by atoms with E-state index in [1.165, 1.54) is 5.38 Å². The monoisotopic (exact) mass is 303 g/mol. The Hall–Kier alpha value is -1.78. The molecule has 0 atom stereocenters. The number of rotatable bonds is 5. The lowest BCUT2D eigenvalue weighted by Gasteiger charge is -2.00. The van der Waals surface area contributed by atoms with Crippen LogP contribution in [0.25, 0.3) is 0 Å². The molecule has 0 radical (unpaired) electrons. The number of nitrogens with zero attached hydrogens (tertiary/aromatic N) is 2. The summed E-state index contributed by atoms with van der Waals surface area (Å²) in [6.45, 7) is 1.46. The van der Waals surface area contributed by atoms with Crippen molar-refractivity contribution in [3.05, 3.63) is 28.7 Å². The van der Waals surface area contributed by atoms with E-state index in [0.29, 0.717) is 5.89 Å². The highest BCUT2D eigenvalue weighted by Gasteiger charge is 2.19. The molecular weight excluding hydrogens is 294 g/mol. The van der Waals surface area contributed by atoms with Crippen LogP contribution in [-0.4, -0.2) is 29.6 Å².